The van der Waals surface area contributed by atoms with Gasteiger partial charge >= 0.3 is 0 Å². The first kappa shape index (κ1) is 21.5. The maximum Gasteiger partial charge on any atom is 0.267 e. The Balaban J connectivity index is 1.52. The monoisotopic (exact) mass is 445 g/mol. The Labute approximate surface area is 180 Å². The Kier molecular flexibility index (Phi) is 6.35. The van der Waals surface area contributed by atoms with Gasteiger partial charge in [-0.1, -0.05) is 36.4 Å². The zero-order valence-corrected chi connectivity index (χ0v) is 17.8. The number of ether oxygens (including phenoxy) is 1. The molecule has 3 aromatic rings. The zero-order chi connectivity index (χ0) is 21.8. The van der Waals surface area contributed by atoms with Crippen molar-refractivity contribution in [2.45, 2.75) is 6.54 Å². The standard InChI is InChI=1S/C22H24FN3O4S/c23-19-7-3-1-6-18(19)16-26-20-8-4-2-5-17(20)15-21(26)22(27)24-9-14-31(28,29)25-10-12-30-13-11-25/h1-8,15H,9-14,16H2,(H,24,27). The van der Waals surface area contributed by atoms with Crippen LogP contribution < -0.4 is 5.32 Å². The van der Waals surface area contributed by atoms with Crippen LogP contribution in [-0.4, -0.2) is 61.8 Å². The van der Waals surface area contributed by atoms with Gasteiger partial charge < -0.3 is 14.6 Å². The quantitative estimate of drug-likeness (QED) is 0.605. The van der Waals surface area contributed by atoms with Gasteiger partial charge in [-0.2, -0.15) is 4.31 Å². The second kappa shape index (κ2) is 9.17. The molecule has 1 aromatic heterocycles. The van der Waals surface area contributed by atoms with Crippen LogP contribution in [0.5, 0.6) is 0 Å². The van der Waals surface area contributed by atoms with Crippen LogP contribution in [0, 0.1) is 5.82 Å². The number of halogens is 1. The third-order valence-electron chi connectivity index (χ3n) is 5.34. The first-order valence-electron chi connectivity index (χ1n) is 10.1. The summed E-state index contributed by atoms with van der Waals surface area (Å²) in [6.07, 6.45) is 0. The van der Waals surface area contributed by atoms with Gasteiger partial charge in [0.25, 0.3) is 5.91 Å². The lowest BCUT2D eigenvalue weighted by molar-refractivity contribution is 0.0730. The van der Waals surface area contributed by atoms with Crippen molar-refractivity contribution in [1.29, 1.82) is 0 Å². The molecule has 0 radical (unpaired) electrons. The Bertz CT molecular complexity index is 1190. The van der Waals surface area contributed by atoms with Crippen LogP contribution in [0.2, 0.25) is 0 Å². The van der Waals surface area contributed by atoms with Crippen molar-refractivity contribution in [3.8, 4) is 0 Å². The molecular formula is C22H24FN3O4S. The van der Waals surface area contributed by atoms with Gasteiger partial charge in [0, 0.05) is 36.1 Å². The van der Waals surface area contributed by atoms with E-state index in [0.717, 1.165) is 10.9 Å². The highest BCUT2D eigenvalue weighted by Gasteiger charge is 2.24. The third kappa shape index (κ3) is 4.79. The fourth-order valence-electron chi connectivity index (χ4n) is 3.70. The molecule has 0 spiro atoms. The number of carbonyl (C=O) groups excluding carboxylic acids is 1. The largest absolute Gasteiger partial charge is 0.379 e. The van der Waals surface area contributed by atoms with E-state index in [1.54, 1.807) is 28.8 Å². The van der Waals surface area contributed by atoms with Crippen molar-refractivity contribution in [3.63, 3.8) is 0 Å². The number of fused-ring (bicyclic) bond motifs is 1. The Morgan fingerprint density at radius 2 is 1.77 bits per heavy atom. The maximum atomic E-state index is 14.2. The molecule has 1 fully saturated rings. The van der Waals surface area contributed by atoms with E-state index in [1.165, 1.54) is 10.4 Å². The summed E-state index contributed by atoms with van der Waals surface area (Å²) in [6.45, 7) is 1.58. The minimum absolute atomic E-state index is 0.0141. The van der Waals surface area contributed by atoms with Crippen molar-refractivity contribution in [1.82, 2.24) is 14.2 Å². The van der Waals surface area contributed by atoms with Crippen molar-refractivity contribution in [2.75, 3.05) is 38.6 Å². The molecule has 2 heterocycles. The molecule has 7 nitrogen and oxygen atoms in total. The molecule has 2 aromatic carbocycles. The van der Waals surface area contributed by atoms with E-state index < -0.39 is 15.9 Å². The molecule has 0 saturated carbocycles. The number of carbonyl (C=O) groups is 1. The number of hydrogen-bond donors (Lipinski definition) is 1. The number of sulfonamides is 1. The van der Waals surface area contributed by atoms with E-state index in [2.05, 4.69) is 5.32 Å². The SMILES string of the molecule is O=C(NCCS(=O)(=O)N1CCOCC1)c1cc2ccccc2n1Cc1ccccc1F. The van der Waals surface area contributed by atoms with E-state index in [9.17, 15) is 17.6 Å². The van der Waals surface area contributed by atoms with E-state index in [1.807, 2.05) is 24.3 Å². The van der Waals surface area contributed by atoms with Gasteiger partial charge in [-0.25, -0.2) is 12.8 Å². The van der Waals surface area contributed by atoms with E-state index in [0.29, 0.717) is 37.6 Å². The summed E-state index contributed by atoms with van der Waals surface area (Å²) in [5, 5.41) is 3.56. The molecule has 4 rings (SSSR count). The summed E-state index contributed by atoms with van der Waals surface area (Å²) in [6, 6.07) is 15.7. The number of nitrogens with one attached hydrogen (secondary N) is 1. The van der Waals surface area contributed by atoms with Gasteiger partial charge in [0.1, 0.15) is 11.5 Å². The number of amides is 1. The fraction of sp³-hybridized carbons (Fsp3) is 0.318. The van der Waals surface area contributed by atoms with Crippen LogP contribution in [0.15, 0.2) is 54.6 Å². The lowest BCUT2D eigenvalue weighted by Crippen LogP contribution is -2.43. The van der Waals surface area contributed by atoms with Crippen LogP contribution in [0.4, 0.5) is 4.39 Å². The molecule has 9 heteroatoms. The number of hydrogen-bond acceptors (Lipinski definition) is 4. The lowest BCUT2D eigenvalue weighted by Gasteiger charge is -2.26. The number of nitrogens with zero attached hydrogens (tertiary/aromatic N) is 2. The Hall–Kier alpha value is -2.75. The molecule has 0 aliphatic carbocycles. The lowest BCUT2D eigenvalue weighted by atomic mass is 10.2. The van der Waals surface area contributed by atoms with Crippen LogP contribution in [0.1, 0.15) is 16.1 Å². The van der Waals surface area contributed by atoms with Crippen molar-refractivity contribution < 1.29 is 22.3 Å². The average Bonchev–Trinajstić information content (AvgIpc) is 3.14. The van der Waals surface area contributed by atoms with Gasteiger partial charge in [0.2, 0.25) is 10.0 Å². The smallest absolute Gasteiger partial charge is 0.267 e. The molecule has 1 saturated heterocycles. The van der Waals surface area contributed by atoms with Crippen LogP contribution in [0.3, 0.4) is 0 Å². The van der Waals surface area contributed by atoms with Gasteiger partial charge in [0.05, 0.1) is 25.5 Å². The Morgan fingerprint density at radius 3 is 2.55 bits per heavy atom. The number of aromatic nitrogens is 1. The third-order valence-corrected chi connectivity index (χ3v) is 7.21. The number of rotatable bonds is 7. The number of benzene rings is 2. The normalized spacial score (nSPS) is 15.3. The molecular weight excluding hydrogens is 421 g/mol. The second-order valence-corrected chi connectivity index (χ2v) is 9.44. The molecule has 1 aliphatic heterocycles. The van der Waals surface area contributed by atoms with Crippen LogP contribution >= 0.6 is 0 Å². The van der Waals surface area contributed by atoms with E-state index >= 15 is 0 Å². The average molecular weight is 446 g/mol. The van der Waals surface area contributed by atoms with Crippen LogP contribution in [-0.2, 0) is 21.3 Å². The fourth-order valence-corrected chi connectivity index (χ4v) is 5.03. The molecule has 1 N–H and O–H groups in total. The topological polar surface area (TPSA) is 80.6 Å². The van der Waals surface area contributed by atoms with E-state index in [-0.39, 0.29) is 24.7 Å². The molecule has 1 amide bonds. The molecule has 0 atom stereocenters. The predicted molar refractivity (Wildman–Crippen MR) is 116 cm³/mol. The summed E-state index contributed by atoms with van der Waals surface area (Å²) in [5.74, 6) is -0.931. The highest BCUT2D eigenvalue weighted by molar-refractivity contribution is 7.89. The van der Waals surface area contributed by atoms with Gasteiger partial charge in [-0.05, 0) is 18.2 Å². The summed E-state index contributed by atoms with van der Waals surface area (Å²) in [4.78, 5) is 12.9. The number of morpholine rings is 1. The molecule has 0 unspecified atom stereocenters. The summed E-state index contributed by atoms with van der Waals surface area (Å²) >= 11 is 0. The molecule has 164 valence electrons. The second-order valence-electron chi connectivity index (χ2n) is 7.35. The summed E-state index contributed by atoms with van der Waals surface area (Å²) < 4.78 is 47.5. The van der Waals surface area contributed by atoms with Gasteiger partial charge in [-0.3, -0.25) is 4.79 Å². The minimum atomic E-state index is -3.47. The highest BCUT2D eigenvalue weighted by atomic mass is 32.2. The van der Waals surface area contributed by atoms with Crippen molar-refractivity contribution >= 4 is 26.8 Å². The predicted octanol–water partition coefficient (Wildman–Crippen LogP) is 2.22. The summed E-state index contributed by atoms with van der Waals surface area (Å²) in [5.41, 5.74) is 1.62. The van der Waals surface area contributed by atoms with Crippen molar-refractivity contribution in [2.24, 2.45) is 0 Å². The van der Waals surface area contributed by atoms with Crippen LogP contribution in [0.25, 0.3) is 10.9 Å². The first-order chi connectivity index (χ1) is 15.0. The maximum absolute atomic E-state index is 14.2. The summed E-state index contributed by atoms with van der Waals surface area (Å²) in [7, 11) is -3.47. The molecule has 1 aliphatic rings. The van der Waals surface area contributed by atoms with E-state index in [4.69, 9.17) is 4.74 Å². The zero-order valence-electron chi connectivity index (χ0n) is 17.0. The Morgan fingerprint density at radius 1 is 1.06 bits per heavy atom. The molecule has 0 bridgehead atoms. The minimum Gasteiger partial charge on any atom is -0.379 e. The van der Waals surface area contributed by atoms with Gasteiger partial charge in [0.15, 0.2) is 0 Å². The number of para-hydroxylation sites is 1. The molecule has 31 heavy (non-hydrogen) atoms. The van der Waals surface area contributed by atoms with Gasteiger partial charge in [-0.15, -0.1) is 0 Å². The first-order valence-corrected chi connectivity index (χ1v) is 11.7. The van der Waals surface area contributed by atoms with Crippen molar-refractivity contribution in [3.05, 3.63) is 71.7 Å². The highest BCUT2D eigenvalue weighted by Crippen LogP contribution is 2.22.